The molecule has 0 radical (unpaired) electrons. The van der Waals surface area contributed by atoms with E-state index in [1.54, 1.807) is 24.3 Å². The van der Waals surface area contributed by atoms with Gasteiger partial charge in [-0.15, -0.1) is 0 Å². The molecule has 2 aromatic carbocycles. The zero-order valence-corrected chi connectivity index (χ0v) is 13.3. The minimum atomic E-state index is -0.496. The molecule has 0 unspecified atom stereocenters. The smallest absolute Gasteiger partial charge is 0.248 e. The van der Waals surface area contributed by atoms with Gasteiger partial charge in [0.2, 0.25) is 11.8 Å². The lowest BCUT2D eigenvalue weighted by Crippen LogP contribution is -2.16. The molecule has 2 amide bonds. The fourth-order valence-corrected chi connectivity index (χ4v) is 2.16. The fourth-order valence-electron chi connectivity index (χ4n) is 2.16. The van der Waals surface area contributed by atoms with Crippen molar-refractivity contribution >= 4 is 17.5 Å². The number of nitrogens with one attached hydrogen (secondary N) is 1. The molecule has 0 fully saturated rings. The predicted octanol–water partition coefficient (Wildman–Crippen LogP) is 2.81. The first-order valence-corrected chi connectivity index (χ1v) is 7.35. The second-order valence-electron chi connectivity index (χ2n) is 5.36. The lowest BCUT2D eigenvalue weighted by Gasteiger charge is -2.10. The van der Waals surface area contributed by atoms with Gasteiger partial charge in [-0.25, -0.2) is 0 Å². The molecular formula is C18H20N2O3. The van der Waals surface area contributed by atoms with Crippen molar-refractivity contribution in [2.24, 2.45) is 5.73 Å². The number of aryl methyl sites for hydroxylation is 2. The Morgan fingerprint density at radius 1 is 1.09 bits per heavy atom. The SMILES string of the molecule is Cc1ccc(OCCC(=O)Nc2ccc(C(N)=O)cc2)c(C)c1. The Kier molecular flexibility index (Phi) is 5.36. The summed E-state index contributed by atoms with van der Waals surface area (Å²) in [5.41, 5.74) is 8.41. The molecule has 0 heterocycles. The Hall–Kier alpha value is -2.82. The van der Waals surface area contributed by atoms with Crippen LogP contribution in [0.1, 0.15) is 27.9 Å². The number of hydrogen-bond acceptors (Lipinski definition) is 3. The van der Waals surface area contributed by atoms with E-state index in [1.165, 1.54) is 5.56 Å². The fraction of sp³-hybridized carbons (Fsp3) is 0.222. The van der Waals surface area contributed by atoms with Gasteiger partial charge in [-0.1, -0.05) is 17.7 Å². The summed E-state index contributed by atoms with van der Waals surface area (Å²) in [6.07, 6.45) is 0.241. The van der Waals surface area contributed by atoms with Crippen LogP contribution >= 0.6 is 0 Å². The van der Waals surface area contributed by atoms with Gasteiger partial charge in [0.05, 0.1) is 13.0 Å². The number of amides is 2. The molecule has 0 aliphatic rings. The lowest BCUT2D eigenvalue weighted by atomic mass is 10.1. The van der Waals surface area contributed by atoms with Crippen molar-refractivity contribution in [3.8, 4) is 5.75 Å². The van der Waals surface area contributed by atoms with E-state index in [0.717, 1.165) is 11.3 Å². The summed E-state index contributed by atoms with van der Waals surface area (Å²) in [6, 6.07) is 12.4. The first-order valence-electron chi connectivity index (χ1n) is 7.35. The van der Waals surface area contributed by atoms with Crippen molar-refractivity contribution in [1.29, 1.82) is 0 Å². The highest BCUT2D eigenvalue weighted by atomic mass is 16.5. The van der Waals surface area contributed by atoms with E-state index in [4.69, 9.17) is 10.5 Å². The van der Waals surface area contributed by atoms with E-state index < -0.39 is 5.91 Å². The second-order valence-corrected chi connectivity index (χ2v) is 5.36. The van der Waals surface area contributed by atoms with Crippen LogP contribution in [0.5, 0.6) is 5.75 Å². The zero-order chi connectivity index (χ0) is 16.8. The van der Waals surface area contributed by atoms with Crippen LogP contribution < -0.4 is 15.8 Å². The van der Waals surface area contributed by atoms with Crippen LogP contribution in [0.4, 0.5) is 5.69 Å². The van der Waals surface area contributed by atoms with Crippen molar-refractivity contribution in [2.75, 3.05) is 11.9 Å². The molecule has 5 heteroatoms. The third kappa shape index (κ3) is 4.85. The van der Waals surface area contributed by atoms with Gasteiger partial charge in [0.25, 0.3) is 0 Å². The Balaban J connectivity index is 1.82. The summed E-state index contributed by atoms with van der Waals surface area (Å²) in [5.74, 6) is 0.139. The number of rotatable bonds is 6. The molecule has 0 atom stereocenters. The summed E-state index contributed by atoms with van der Waals surface area (Å²) < 4.78 is 5.63. The Morgan fingerprint density at radius 3 is 2.39 bits per heavy atom. The molecule has 23 heavy (non-hydrogen) atoms. The van der Waals surface area contributed by atoms with Gasteiger partial charge in [0, 0.05) is 11.3 Å². The van der Waals surface area contributed by atoms with E-state index in [2.05, 4.69) is 5.32 Å². The summed E-state index contributed by atoms with van der Waals surface area (Å²) in [6.45, 7) is 4.30. The molecule has 0 bridgehead atoms. The van der Waals surface area contributed by atoms with Gasteiger partial charge in [-0.2, -0.15) is 0 Å². The Labute approximate surface area is 135 Å². The second kappa shape index (κ2) is 7.45. The molecule has 2 rings (SSSR count). The quantitative estimate of drug-likeness (QED) is 0.860. The highest BCUT2D eigenvalue weighted by Crippen LogP contribution is 2.18. The molecule has 0 aliphatic heterocycles. The number of carbonyl (C=O) groups is 2. The highest BCUT2D eigenvalue weighted by molar-refractivity contribution is 5.94. The normalized spacial score (nSPS) is 10.2. The minimum Gasteiger partial charge on any atom is -0.493 e. The largest absolute Gasteiger partial charge is 0.493 e. The average Bonchev–Trinajstić information content (AvgIpc) is 2.50. The van der Waals surface area contributed by atoms with E-state index >= 15 is 0 Å². The lowest BCUT2D eigenvalue weighted by molar-refractivity contribution is -0.116. The predicted molar refractivity (Wildman–Crippen MR) is 89.6 cm³/mol. The number of anilines is 1. The van der Waals surface area contributed by atoms with Crippen LogP contribution in [0.25, 0.3) is 0 Å². The van der Waals surface area contributed by atoms with Crippen LogP contribution in [-0.2, 0) is 4.79 Å². The van der Waals surface area contributed by atoms with Gasteiger partial charge in [-0.05, 0) is 49.7 Å². The molecule has 0 saturated carbocycles. The van der Waals surface area contributed by atoms with Crippen molar-refractivity contribution in [2.45, 2.75) is 20.3 Å². The maximum Gasteiger partial charge on any atom is 0.248 e. The van der Waals surface area contributed by atoms with Gasteiger partial charge in [0.15, 0.2) is 0 Å². The molecule has 0 spiro atoms. The third-order valence-corrected chi connectivity index (χ3v) is 3.37. The van der Waals surface area contributed by atoms with E-state index in [9.17, 15) is 9.59 Å². The number of primary amides is 1. The topological polar surface area (TPSA) is 81.4 Å². The van der Waals surface area contributed by atoms with Gasteiger partial charge in [-0.3, -0.25) is 9.59 Å². The number of hydrogen-bond donors (Lipinski definition) is 2. The number of nitrogens with two attached hydrogens (primary N) is 1. The first kappa shape index (κ1) is 16.5. The number of ether oxygens (including phenoxy) is 1. The number of benzene rings is 2. The molecule has 0 aromatic heterocycles. The molecule has 0 saturated heterocycles. The van der Waals surface area contributed by atoms with E-state index in [0.29, 0.717) is 17.9 Å². The maximum absolute atomic E-state index is 11.9. The van der Waals surface area contributed by atoms with Crippen LogP contribution in [-0.4, -0.2) is 18.4 Å². The van der Waals surface area contributed by atoms with Gasteiger partial charge >= 0.3 is 0 Å². The minimum absolute atomic E-state index is 0.151. The van der Waals surface area contributed by atoms with Crippen LogP contribution in [0, 0.1) is 13.8 Å². The molecule has 5 nitrogen and oxygen atoms in total. The highest BCUT2D eigenvalue weighted by Gasteiger charge is 2.06. The molecule has 3 N–H and O–H groups in total. The average molecular weight is 312 g/mol. The van der Waals surface area contributed by atoms with E-state index in [1.807, 2.05) is 32.0 Å². The van der Waals surface area contributed by atoms with Crippen molar-refractivity contribution < 1.29 is 14.3 Å². The molecule has 2 aromatic rings. The first-order chi connectivity index (χ1) is 11.0. The van der Waals surface area contributed by atoms with Crippen LogP contribution in [0.15, 0.2) is 42.5 Å². The summed E-state index contributed by atoms with van der Waals surface area (Å²) in [7, 11) is 0. The number of carbonyl (C=O) groups excluding carboxylic acids is 2. The monoisotopic (exact) mass is 312 g/mol. The van der Waals surface area contributed by atoms with Crippen LogP contribution in [0.3, 0.4) is 0 Å². The summed E-state index contributed by atoms with van der Waals surface area (Å²) in [4.78, 5) is 22.9. The maximum atomic E-state index is 11.9. The summed E-state index contributed by atoms with van der Waals surface area (Å²) in [5, 5.41) is 2.75. The zero-order valence-electron chi connectivity index (χ0n) is 13.3. The van der Waals surface area contributed by atoms with Crippen LogP contribution in [0.2, 0.25) is 0 Å². The standard InChI is InChI=1S/C18H20N2O3/c1-12-3-8-16(13(2)11-12)23-10-9-17(21)20-15-6-4-14(5-7-15)18(19)22/h3-8,11H,9-10H2,1-2H3,(H2,19,22)(H,20,21). The Bertz CT molecular complexity index is 709. The van der Waals surface area contributed by atoms with Crippen molar-refractivity contribution in [1.82, 2.24) is 0 Å². The molecule has 120 valence electrons. The Morgan fingerprint density at radius 2 is 1.78 bits per heavy atom. The van der Waals surface area contributed by atoms with Crippen molar-refractivity contribution in [3.63, 3.8) is 0 Å². The van der Waals surface area contributed by atoms with Gasteiger partial charge < -0.3 is 15.8 Å². The molecule has 0 aliphatic carbocycles. The molecular weight excluding hydrogens is 292 g/mol. The third-order valence-electron chi connectivity index (χ3n) is 3.37. The van der Waals surface area contributed by atoms with Gasteiger partial charge in [0.1, 0.15) is 5.75 Å². The van der Waals surface area contributed by atoms with E-state index in [-0.39, 0.29) is 12.3 Å². The summed E-state index contributed by atoms with van der Waals surface area (Å²) >= 11 is 0. The van der Waals surface area contributed by atoms with Crippen molar-refractivity contribution in [3.05, 3.63) is 59.2 Å².